The van der Waals surface area contributed by atoms with Gasteiger partial charge in [0.25, 0.3) is 12.3 Å². The van der Waals surface area contributed by atoms with Gasteiger partial charge < -0.3 is 4.90 Å². The van der Waals surface area contributed by atoms with E-state index in [-0.39, 0.29) is 12.6 Å². The van der Waals surface area contributed by atoms with E-state index in [2.05, 4.69) is 21.0 Å². The molecule has 1 aliphatic carbocycles. The van der Waals surface area contributed by atoms with Crippen molar-refractivity contribution < 1.29 is 18.0 Å². The van der Waals surface area contributed by atoms with Gasteiger partial charge in [0.2, 0.25) is 5.95 Å². The number of hydrogen-bond acceptors (Lipinski definition) is 3. The van der Waals surface area contributed by atoms with Crippen molar-refractivity contribution in [2.75, 3.05) is 0 Å². The highest BCUT2D eigenvalue weighted by Crippen LogP contribution is 2.39. The molecule has 2 aromatic heterocycles. The zero-order valence-corrected chi connectivity index (χ0v) is 16.7. The summed E-state index contributed by atoms with van der Waals surface area (Å²) in [5.41, 5.74) is -1.43. The highest BCUT2D eigenvalue weighted by molar-refractivity contribution is 9.10. The number of halogens is 4. The molecule has 3 aromatic rings. The average Bonchev–Trinajstić information content (AvgIpc) is 3.37. The first-order chi connectivity index (χ1) is 12.9. The van der Waals surface area contributed by atoms with Gasteiger partial charge in [-0.2, -0.15) is 9.49 Å². The molecule has 1 fully saturated rings. The van der Waals surface area contributed by atoms with Crippen molar-refractivity contribution in [3.8, 4) is 0 Å². The first-order valence-electron chi connectivity index (χ1n) is 8.36. The van der Waals surface area contributed by atoms with Crippen molar-refractivity contribution in [3.63, 3.8) is 0 Å². The molecule has 4 nitrogen and oxygen atoms in total. The lowest BCUT2D eigenvalue weighted by molar-refractivity contribution is 0.0713. The van der Waals surface area contributed by atoms with Gasteiger partial charge in [-0.25, -0.2) is 13.5 Å². The van der Waals surface area contributed by atoms with Gasteiger partial charge in [0, 0.05) is 32.5 Å². The average molecular weight is 458 g/mol. The Kier molecular flexibility index (Phi) is 4.75. The fourth-order valence-corrected chi connectivity index (χ4v) is 5.03. The zero-order valence-electron chi connectivity index (χ0n) is 14.3. The minimum absolute atomic E-state index is 0.0697. The van der Waals surface area contributed by atoms with Gasteiger partial charge in [0.15, 0.2) is 0 Å². The molecular weight excluding hydrogens is 443 g/mol. The van der Waals surface area contributed by atoms with Crippen LogP contribution >= 0.6 is 27.3 Å². The number of aryl methyl sites for hydroxylation is 1. The fraction of sp³-hybridized carbons (Fsp3) is 0.333. The zero-order chi connectivity index (χ0) is 19.3. The molecule has 1 aromatic carbocycles. The van der Waals surface area contributed by atoms with E-state index in [0.717, 1.165) is 32.3 Å². The van der Waals surface area contributed by atoms with E-state index in [9.17, 15) is 18.0 Å². The van der Waals surface area contributed by atoms with E-state index in [4.69, 9.17) is 0 Å². The Bertz CT molecular complexity index is 1030. The van der Waals surface area contributed by atoms with Crippen LogP contribution in [0.2, 0.25) is 0 Å². The first-order valence-corrected chi connectivity index (χ1v) is 9.96. The molecule has 0 N–H and O–H groups in total. The van der Waals surface area contributed by atoms with E-state index in [0.29, 0.717) is 4.68 Å². The number of thiophene rings is 1. The molecule has 0 spiro atoms. The molecule has 1 amide bonds. The van der Waals surface area contributed by atoms with E-state index in [1.165, 1.54) is 23.3 Å². The normalized spacial score (nSPS) is 14.3. The summed E-state index contributed by atoms with van der Waals surface area (Å²) in [6.45, 7) is 0.237. The Labute approximate surface area is 165 Å². The van der Waals surface area contributed by atoms with Gasteiger partial charge in [-0.05, 0) is 34.8 Å². The third-order valence-corrected chi connectivity index (χ3v) is 6.91. The smallest absolute Gasteiger partial charge is 0.283 e. The van der Waals surface area contributed by atoms with Crippen LogP contribution in [0.1, 0.15) is 40.2 Å². The second-order valence-electron chi connectivity index (χ2n) is 6.47. The summed E-state index contributed by atoms with van der Waals surface area (Å²) in [5.74, 6) is -1.76. The third-order valence-electron chi connectivity index (χ3n) is 4.59. The monoisotopic (exact) mass is 457 g/mol. The molecule has 0 atom stereocenters. The fourth-order valence-electron chi connectivity index (χ4n) is 3.09. The highest BCUT2D eigenvalue weighted by atomic mass is 79.9. The van der Waals surface area contributed by atoms with Crippen LogP contribution in [0.4, 0.5) is 13.2 Å². The van der Waals surface area contributed by atoms with Crippen molar-refractivity contribution >= 4 is 43.3 Å². The van der Waals surface area contributed by atoms with Gasteiger partial charge in [-0.15, -0.1) is 11.3 Å². The van der Waals surface area contributed by atoms with Crippen LogP contribution in [0.25, 0.3) is 10.1 Å². The van der Waals surface area contributed by atoms with E-state index in [1.807, 2.05) is 24.3 Å². The Morgan fingerprint density at radius 3 is 2.74 bits per heavy atom. The molecule has 142 valence electrons. The van der Waals surface area contributed by atoms with Gasteiger partial charge >= 0.3 is 0 Å². The van der Waals surface area contributed by atoms with Gasteiger partial charge in [0.1, 0.15) is 11.3 Å². The number of amides is 1. The summed E-state index contributed by atoms with van der Waals surface area (Å²) in [4.78, 5) is 15.4. The third kappa shape index (κ3) is 3.27. The van der Waals surface area contributed by atoms with Crippen molar-refractivity contribution in [2.45, 2.75) is 31.9 Å². The summed E-state index contributed by atoms with van der Waals surface area (Å²) in [7, 11) is 1.21. The first kappa shape index (κ1) is 18.5. The minimum atomic E-state index is -3.02. The molecule has 0 unspecified atom stereocenters. The van der Waals surface area contributed by atoms with Crippen molar-refractivity contribution in [2.24, 2.45) is 7.05 Å². The lowest BCUT2D eigenvalue weighted by Gasteiger charge is -2.22. The predicted molar refractivity (Wildman–Crippen MR) is 101 cm³/mol. The van der Waals surface area contributed by atoms with Crippen LogP contribution in [-0.4, -0.2) is 26.6 Å². The summed E-state index contributed by atoms with van der Waals surface area (Å²) in [5, 5.41) is 4.52. The molecule has 0 bridgehead atoms. The maximum atomic E-state index is 14.4. The Balaban J connectivity index is 1.71. The van der Waals surface area contributed by atoms with Crippen molar-refractivity contribution in [1.82, 2.24) is 14.7 Å². The van der Waals surface area contributed by atoms with E-state index in [1.54, 1.807) is 0 Å². The summed E-state index contributed by atoms with van der Waals surface area (Å²) < 4.78 is 43.5. The van der Waals surface area contributed by atoms with Gasteiger partial charge in [-0.1, -0.05) is 18.2 Å². The maximum Gasteiger partial charge on any atom is 0.283 e. The minimum Gasteiger partial charge on any atom is -0.330 e. The number of rotatable bonds is 5. The second-order valence-corrected chi connectivity index (χ2v) is 8.40. The van der Waals surface area contributed by atoms with E-state index < -0.39 is 29.5 Å². The SMILES string of the molecule is Cn1nc(C(F)F)c(C(=O)N(Cc2sc3ccccc3c2Br)C2CC2)c1F. The molecule has 2 heterocycles. The Morgan fingerprint density at radius 1 is 1.41 bits per heavy atom. The molecule has 27 heavy (non-hydrogen) atoms. The number of carbonyl (C=O) groups is 1. The van der Waals surface area contributed by atoms with Crippen LogP contribution in [-0.2, 0) is 13.6 Å². The molecule has 9 heteroatoms. The second kappa shape index (κ2) is 6.94. The highest BCUT2D eigenvalue weighted by Gasteiger charge is 2.38. The molecule has 0 aliphatic heterocycles. The molecule has 0 saturated heterocycles. The topological polar surface area (TPSA) is 38.1 Å². The Hall–Kier alpha value is -1.87. The predicted octanol–water partition coefficient (Wildman–Crippen LogP) is 5.28. The Morgan fingerprint density at radius 2 is 2.11 bits per heavy atom. The molecule has 1 aliphatic rings. The number of alkyl halides is 2. The summed E-state index contributed by atoms with van der Waals surface area (Å²) >= 11 is 5.10. The number of benzene rings is 1. The number of nitrogens with zero attached hydrogens (tertiary/aromatic N) is 3. The largest absolute Gasteiger partial charge is 0.330 e. The lowest BCUT2D eigenvalue weighted by atomic mass is 10.2. The quantitative estimate of drug-likeness (QED) is 0.522. The van der Waals surface area contributed by atoms with Crippen LogP contribution in [0.3, 0.4) is 0 Å². The van der Waals surface area contributed by atoms with Crippen molar-refractivity contribution in [3.05, 3.63) is 50.8 Å². The van der Waals surface area contributed by atoms with Crippen LogP contribution in [0, 0.1) is 5.95 Å². The summed E-state index contributed by atoms with van der Waals surface area (Å²) in [6.07, 6.45) is -1.46. The molecule has 0 radical (unpaired) electrons. The van der Waals surface area contributed by atoms with Gasteiger partial charge in [-0.3, -0.25) is 4.79 Å². The van der Waals surface area contributed by atoms with Crippen molar-refractivity contribution in [1.29, 1.82) is 0 Å². The van der Waals surface area contributed by atoms with E-state index >= 15 is 0 Å². The number of carbonyl (C=O) groups excluding carboxylic acids is 1. The van der Waals surface area contributed by atoms with Crippen LogP contribution in [0.5, 0.6) is 0 Å². The van der Waals surface area contributed by atoms with Crippen LogP contribution in [0.15, 0.2) is 28.7 Å². The molecular formula is C18H15BrF3N3OS. The standard InChI is InChI=1S/C18H15BrF3N3OS/c1-24-17(22)13(15(23-24)16(20)21)18(26)25(9-6-7-9)8-12-14(19)10-4-2-3-5-11(10)27-12/h2-5,9,16H,6-8H2,1H3. The van der Waals surface area contributed by atoms with Crippen LogP contribution < -0.4 is 0 Å². The number of aromatic nitrogens is 2. The molecule has 1 saturated carbocycles. The maximum absolute atomic E-state index is 14.4. The molecule has 4 rings (SSSR count). The number of fused-ring (bicyclic) bond motifs is 1. The lowest BCUT2D eigenvalue weighted by Crippen LogP contribution is -2.33. The van der Waals surface area contributed by atoms with Gasteiger partial charge in [0.05, 0.1) is 6.54 Å². The number of hydrogen-bond donors (Lipinski definition) is 0. The summed E-state index contributed by atoms with van der Waals surface area (Å²) in [6, 6.07) is 7.73.